The number of nitrogens with zero attached hydrogens (tertiary/aromatic N) is 1. The van der Waals surface area contributed by atoms with Gasteiger partial charge in [-0.25, -0.2) is 21.1 Å². The SMILES string of the molecule is Cc1cccc(NS(=O)(=O)c2ccc(N3C(=O)C(C)CS3(=O)=O)cc2)c1. The first-order valence-electron chi connectivity index (χ1n) is 7.86. The Labute approximate surface area is 152 Å². The second-order valence-corrected chi connectivity index (χ2v) is 9.80. The van der Waals surface area contributed by atoms with Gasteiger partial charge >= 0.3 is 0 Å². The van der Waals surface area contributed by atoms with E-state index in [0.717, 1.165) is 9.87 Å². The van der Waals surface area contributed by atoms with Crippen molar-refractivity contribution in [3.8, 4) is 0 Å². The van der Waals surface area contributed by atoms with Crippen molar-refractivity contribution >= 4 is 37.3 Å². The summed E-state index contributed by atoms with van der Waals surface area (Å²) in [6.45, 7) is 3.39. The Morgan fingerprint density at radius 1 is 1.12 bits per heavy atom. The predicted octanol–water partition coefficient (Wildman–Crippen LogP) is 2.11. The number of anilines is 2. The summed E-state index contributed by atoms with van der Waals surface area (Å²) < 4.78 is 52.4. The van der Waals surface area contributed by atoms with Gasteiger partial charge in [-0.1, -0.05) is 19.1 Å². The van der Waals surface area contributed by atoms with Gasteiger partial charge in [0, 0.05) is 5.69 Å². The topological polar surface area (TPSA) is 101 Å². The third-order valence-electron chi connectivity index (χ3n) is 4.01. The fourth-order valence-electron chi connectivity index (χ4n) is 2.77. The average molecular weight is 394 g/mol. The van der Waals surface area contributed by atoms with Gasteiger partial charge in [0.1, 0.15) is 0 Å². The molecule has 1 N–H and O–H groups in total. The average Bonchev–Trinajstić information content (AvgIpc) is 2.74. The van der Waals surface area contributed by atoms with E-state index >= 15 is 0 Å². The number of amides is 1. The van der Waals surface area contributed by atoms with E-state index < -0.39 is 31.9 Å². The van der Waals surface area contributed by atoms with Gasteiger partial charge < -0.3 is 0 Å². The molecule has 138 valence electrons. The van der Waals surface area contributed by atoms with Crippen molar-refractivity contribution in [2.75, 3.05) is 14.8 Å². The van der Waals surface area contributed by atoms with Crippen molar-refractivity contribution < 1.29 is 21.6 Å². The first kappa shape index (κ1) is 18.4. The molecule has 0 spiro atoms. The Bertz CT molecular complexity index is 1060. The van der Waals surface area contributed by atoms with Crippen molar-refractivity contribution in [3.63, 3.8) is 0 Å². The van der Waals surface area contributed by atoms with Crippen LogP contribution in [0.25, 0.3) is 0 Å². The number of sulfonamides is 2. The minimum Gasteiger partial charge on any atom is -0.280 e. The zero-order chi connectivity index (χ0) is 19.1. The molecule has 1 aliphatic heterocycles. The predicted molar refractivity (Wildman–Crippen MR) is 98.9 cm³/mol. The van der Waals surface area contributed by atoms with E-state index in [9.17, 15) is 21.6 Å². The smallest absolute Gasteiger partial charge is 0.261 e. The quantitative estimate of drug-likeness (QED) is 0.856. The molecule has 1 saturated heterocycles. The second kappa shape index (κ2) is 6.40. The summed E-state index contributed by atoms with van der Waals surface area (Å²) >= 11 is 0. The third kappa shape index (κ3) is 3.45. The van der Waals surface area contributed by atoms with Crippen LogP contribution in [0, 0.1) is 12.8 Å². The third-order valence-corrected chi connectivity index (χ3v) is 7.28. The first-order valence-corrected chi connectivity index (χ1v) is 11.0. The molecular weight excluding hydrogens is 376 g/mol. The zero-order valence-electron chi connectivity index (χ0n) is 14.2. The lowest BCUT2D eigenvalue weighted by Crippen LogP contribution is -2.30. The summed E-state index contributed by atoms with van der Waals surface area (Å²) in [5, 5.41) is 0. The van der Waals surface area contributed by atoms with Gasteiger partial charge in [0.25, 0.3) is 10.0 Å². The molecule has 2 aromatic rings. The lowest BCUT2D eigenvalue weighted by Gasteiger charge is -2.16. The maximum atomic E-state index is 12.5. The molecule has 1 unspecified atom stereocenters. The molecule has 1 heterocycles. The van der Waals surface area contributed by atoms with E-state index in [-0.39, 0.29) is 16.3 Å². The summed E-state index contributed by atoms with van der Waals surface area (Å²) in [6.07, 6.45) is 0. The fourth-order valence-corrected chi connectivity index (χ4v) is 5.64. The Morgan fingerprint density at radius 2 is 1.77 bits per heavy atom. The molecule has 9 heteroatoms. The van der Waals surface area contributed by atoms with Crippen LogP contribution in [0.3, 0.4) is 0 Å². The molecule has 26 heavy (non-hydrogen) atoms. The molecule has 1 aliphatic rings. The molecule has 1 atom stereocenters. The largest absolute Gasteiger partial charge is 0.280 e. The van der Waals surface area contributed by atoms with Crippen molar-refractivity contribution in [3.05, 3.63) is 54.1 Å². The van der Waals surface area contributed by atoms with Gasteiger partial charge in [0.2, 0.25) is 15.9 Å². The van der Waals surface area contributed by atoms with Gasteiger partial charge in [-0.15, -0.1) is 0 Å². The number of carbonyl (C=O) groups excluding carboxylic acids is 1. The minimum absolute atomic E-state index is 0.0279. The minimum atomic E-state index is -3.83. The van der Waals surface area contributed by atoms with E-state index in [4.69, 9.17) is 0 Å². The highest BCUT2D eigenvalue weighted by Gasteiger charge is 2.41. The Kier molecular flexibility index (Phi) is 4.53. The number of hydrogen-bond acceptors (Lipinski definition) is 5. The summed E-state index contributed by atoms with van der Waals surface area (Å²) in [5.41, 5.74) is 1.47. The number of aryl methyl sites for hydroxylation is 1. The van der Waals surface area contributed by atoms with Crippen LogP contribution in [0.5, 0.6) is 0 Å². The van der Waals surface area contributed by atoms with Gasteiger partial charge in [-0.3, -0.25) is 9.52 Å². The highest BCUT2D eigenvalue weighted by molar-refractivity contribution is 7.94. The highest BCUT2D eigenvalue weighted by Crippen LogP contribution is 2.29. The normalized spacial score (nSPS) is 19.5. The van der Waals surface area contributed by atoms with E-state index in [2.05, 4.69) is 4.72 Å². The molecule has 1 amide bonds. The van der Waals surface area contributed by atoms with E-state index in [1.54, 1.807) is 25.1 Å². The molecule has 0 aliphatic carbocycles. The molecular formula is C17H18N2O5S2. The lowest BCUT2D eigenvalue weighted by atomic mass is 10.2. The summed E-state index contributed by atoms with van der Waals surface area (Å²) in [5.74, 6) is -1.38. The van der Waals surface area contributed by atoms with Crippen LogP contribution in [-0.2, 0) is 24.8 Å². The van der Waals surface area contributed by atoms with Crippen molar-refractivity contribution in [2.24, 2.45) is 5.92 Å². The molecule has 0 saturated carbocycles. The maximum absolute atomic E-state index is 12.5. The summed E-state index contributed by atoms with van der Waals surface area (Å²) in [7, 11) is -7.55. The van der Waals surface area contributed by atoms with Crippen LogP contribution >= 0.6 is 0 Å². The molecule has 0 bridgehead atoms. The molecule has 1 fully saturated rings. The lowest BCUT2D eigenvalue weighted by molar-refractivity contribution is -0.119. The number of hydrogen-bond donors (Lipinski definition) is 1. The van der Waals surface area contributed by atoms with Gasteiger partial charge in [-0.2, -0.15) is 0 Å². The van der Waals surface area contributed by atoms with Crippen molar-refractivity contribution in [2.45, 2.75) is 18.7 Å². The standard InChI is InChI=1S/C17H18N2O5S2/c1-12-4-3-5-14(10-12)18-26(23,24)16-8-6-15(7-9-16)19-17(20)13(2)11-25(19,21)22/h3-10,13,18H,11H2,1-2H3. The molecule has 0 aromatic heterocycles. The van der Waals surface area contributed by atoms with Crippen molar-refractivity contribution in [1.29, 1.82) is 0 Å². The highest BCUT2D eigenvalue weighted by atomic mass is 32.2. The number of carbonyl (C=O) groups is 1. The van der Waals surface area contributed by atoms with E-state index in [1.807, 2.05) is 13.0 Å². The van der Waals surface area contributed by atoms with Gasteiger partial charge in [-0.05, 0) is 48.9 Å². The number of rotatable bonds is 4. The second-order valence-electron chi connectivity index (χ2n) is 6.25. The molecule has 0 radical (unpaired) electrons. The van der Waals surface area contributed by atoms with E-state index in [0.29, 0.717) is 5.69 Å². The monoisotopic (exact) mass is 394 g/mol. The molecule has 2 aromatic carbocycles. The number of nitrogens with one attached hydrogen (secondary N) is 1. The number of benzene rings is 2. The summed E-state index contributed by atoms with van der Waals surface area (Å²) in [6, 6.07) is 12.1. The Morgan fingerprint density at radius 3 is 2.31 bits per heavy atom. The first-order chi connectivity index (χ1) is 12.1. The zero-order valence-corrected chi connectivity index (χ0v) is 15.8. The van der Waals surface area contributed by atoms with Crippen LogP contribution in [0.15, 0.2) is 53.4 Å². The van der Waals surface area contributed by atoms with Crippen LogP contribution in [-0.4, -0.2) is 28.5 Å². The summed E-state index contributed by atoms with van der Waals surface area (Å²) in [4.78, 5) is 12.1. The van der Waals surface area contributed by atoms with E-state index in [1.165, 1.54) is 24.3 Å². The molecule has 3 rings (SSSR count). The Balaban J connectivity index is 1.89. The van der Waals surface area contributed by atoms with Crippen LogP contribution in [0.2, 0.25) is 0 Å². The van der Waals surface area contributed by atoms with Gasteiger partial charge in [0.05, 0.1) is 22.3 Å². The fraction of sp³-hybridized carbons (Fsp3) is 0.235. The van der Waals surface area contributed by atoms with Crippen LogP contribution < -0.4 is 9.03 Å². The maximum Gasteiger partial charge on any atom is 0.261 e. The van der Waals surface area contributed by atoms with Crippen LogP contribution in [0.1, 0.15) is 12.5 Å². The van der Waals surface area contributed by atoms with Gasteiger partial charge in [0.15, 0.2) is 0 Å². The Hall–Kier alpha value is -2.39. The van der Waals surface area contributed by atoms with Crippen molar-refractivity contribution in [1.82, 2.24) is 0 Å². The van der Waals surface area contributed by atoms with Crippen LogP contribution in [0.4, 0.5) is 11.4 Å². The molecule has 7 nitrogen and oxygen atoms in total.